The van der Waals surface area contributed by atoms with Gasteiger partial charge in [-0.1, -0.05) is 0 Å². The molecule has 0 radical (unpaired) electrons. The van der Waals surface area contributed by atoms with Crippen LogP contribution in [-0.2, 0) is 6.18 Å². The number of hydrogen-bond acceptors (Lipinski definition) is 1. The molecule has 1 N–H and O–H groups in total. The van der Waals surface area contributed by atoms with Gasteiger partial charge in [-0.05, 0) is 6.07 Å². The second-order valence-corrected chi connectivity index (χ2v) is 2.38. The van der Waals surface area contributed by atoms with Crippen molar-refractivity contribution in [2.24, 2.45) is 0 Å². The number of rotatable bonds is 0. The van der Waals surface area contributed by atoms with Gasteiger partial charge < -0.3 is 5.11 Å². The molecular formula is C7H2F6O. The van der Waals surface area contributed by atoms with E-state index in [1.165, 1.54) is 0 Å². The summed E-state index contributed by atoms with van der Waals surface area (Å²) in [5.41, 5.74) is -1.95. The third kappa shape index (κ3) is 1.61. The molecule has 0 spiro atoms. The highest BCUT2D eigenvalue weighted by atomic mass is 19.4. The fourth-order valence-electron chi connectivity index (χ4n) is 0.802. The molecule has 1 nitrogen and oxygen atoms in total. The zero-order chi connectivity index (χ0) is 11.1. The smallest absolute Gasteiger partial charge is 0.420 e. The van der Waals surface area contributed by atoms with Crippen molar-refractivity contribution < 1.29 is 31.4 Å². The lowest BCUT2D eigenvalue weighted by atomic mass is 10.1. The lowest BCUT2D eigenvalue weighted by Crippen LogP contribution is -2.08. The van der Waals surface area contributed by atoms with Crippen molar-refractivity contribution in [3.8, 4) is 5.75 Å². The van der Waals surface area contributed by atoms with E-state index in [2.05, 4.69) is 0 Å². The minimum absolute atomic E-state index is 0.312. The van der Waals surface area contributed by atoms with Crippen LogP contribution < -0.4 is 0 Å². The molecule has 0 aromatic heterocycles. The Hall–Kier alpha value is -1.40. The first-order valence-corrected chi connectivity index (χ1v) is 3.18. The summed E-state index contributed by atoms with van der Waals surface area (Å²) in [7, 11) is 0. The molecule has 14 heavy (non-hydrogen) atoms. The van der Waals surface area contributed by atoms with Gasteiger partial charge in [-0.15, -0.1) is 0 Å². The number of aromatic hydroxyl groups is 1. The summed E-state index contributed by atoms with van der Waals surface area (Å²) in [5, 5.41) is 8.54. The zero-order valence-corrected chi connectivity index (χ0v) is 6.29. The summed E-state index contributed by atoms with van der Waals surface area (Å²) in [6, 6.07) is -0.312. The topological polar surface area (TPSA) is 20.2 Å². The number of hydrogen-bond donors (Lipinski definition) is 1. The molecule has 0 amide bonds. The average Bonchev–Trinajstić information content (AvgIpc) is 2.06. The maximum Gasteiger partial charge on any atom is 0.420 e. The molecule has 7 heteroatoms. The third-order valence-electron chi connectivity index (χ3n) is 1.44. The number of phenolic OH excluding ortho intramolecular Hbond substituents is 1. The van der Waals surface area contributed by atoms with E-state index >= 15 is 0 Å². The van der Waals surface area contributed by atoms with Crippen molar-refractivity contribution in [1.29, 1.82) is 0 Å². The lowest BCUT2D eigenvalue weighted by molar-refractivity contribution is -0.139. The van der Waals surface area contributed by atoms with E-state index in [9.17, 15) is 26.3 Å². The van der Waals surface area contributed by atoms with Crippen molar-refractivity contribution in [2.75, 3.05) is 0 Å². The monoisotopic (exact) mass is 216 g/mol. The van der Waals surface area contributed by atoms with Crippen LogP contribution in [0.4, 0.5) is 26.3 Å². The highest BCUT2D eigenvalue weighted by Crippen LogP contribution is 2.38. The van der Waals surface area contributed by atoms with Crippen molar-refractivity contribution >= 4 is 0 Å². The van der Waals surface area contributed by atoms with Crippen molar-refractivity contribution in [3.63, 3.8) is 0 Å². The SMILES string of the molecule is Oc1c(C(F)(F)F)cc(F)c(F)c1F. The summed E-state index contributed by atoms with van der Waals surface area (Å²) in [5.74, 6) is -8.35. The highest BCUT2D eigenvalue weighted by molar-refractivity contribution is 5.37. The standard InChI is InChI=1S/C7H2F6O/c8-3-1-2(7(11,12)13)6(14)5(10)4(3)9/h1,14H. The van der Waals surface area contributed by atoms with Gasteiger partial charge in [0.1, 0.15) is 5.56 Å². The van der Waals surface area contributed by atoms with Gasteiger partial charge in [0.15, 0.2) is 17.4 Å². The average molecular weight is 216 g/mol. The molecule has 0 bridgehead atoms. The van der Waals surface area contributed by atoms with Gasteiger partial charge in [-0.3, -0.25) is 0 Å². The molecule has 0 saturated carbocycles. The first kappa shape index (κ1) is 10.7. The zero-order valence-electron chi connectivity index (χ0n) is 6.29. The molecule has 1 aromatic rings. The van der Waals surface area contributed by atoms with Gasteiger partial charge in [-0.2, -0.15) is 17.6 Å². The number of benzene rings is 1. The Kier molecular flexibility index (Phi) is 2.34. The number of alkyl halides is 3. The maximum absolute atomic E-state index is 12.4. The van der Waals surface area contributed by atoms with E-state index < -0.39 is 34.9 Å². The summed E-state index contributed by atoms with van der Waals surface area (Å²) < 4.78 is 72.8. The minimum atomic E-state index is -5.14. The highest BCUT2D eigenvalue weighted by Gasteiger charge is 2.37. The van der Waals surface area contributed by atoms with Crippen LogP contribution in [0.15, 0.2) is 6.07 Å². The number of halogens is 6. The fourth-order valence-corrected chi connectivity index (χ4v) is 0.802. The van der Waals surface area contributed by atoms with Crippen molar-refractivity contribution in [1.82, 2.24) is 0 Å². The van der Waals surface area contributed by atoms with Crippen molar-refractivity contribution in [2.45, 2.75) is 6.18 Å². The van der Waals surface area contributed by atoms with Crippen LogP contribution in [0.1, 0.15) is 5.56 Å². The van der Waals surface area contributed by atoms with Crippen LogP contribution >= 0.6 is 0 Å². The lowest BCUT2D eigenvalue weighted by Gasteiger charge is -2.09. The Morgan fingerprint density at radius 3 is 1.93 bits per heavy atom. The maximum atomic E-state index is 12.4. The molecule has 0 aliphatic rings. The van der Waals surface area contributed by atoms with Gasteiger partial charge in [0, 0.05) is 0 Å². The van der Waals surface area contributed by atoms with Gasteiger partial charge in [0.2, 0.25) is 5.82 Å². The van der Waals surface area contributed by atoms with E-state index in [1.807, 2.05) is 0 Å². The van der Waals surface area contributed by atoms with Crippen LogP contribution in [0.2, 0.25) is 0 Å². The first-order valence-electron chi connectivity index (χ1n) is 3.18. The normalized spacial score (nSPS) is 11.9. The third-order valence-corrected chi connectivity index (χ3v) is 1.44. The molecule has 0 unspecified atom stereocenters. The van der Waals surface area contributed by atoms with Gasteiger partial charge in [0.05, 0.1) is 0 Å². The van der Waals surface area contributed by atoms with Crippen LogP contribution in [0.25, 0.3) is 0 Å². The molecule has 0 aliphatic carbocycles. The van der Waals surface area contributed by atoms with Crippen LogP contribution in [0.5, 0.6) is 5.75 Å². The second kappa shape index (κ2) is 3.07. The molecule has 0 aliphatic heterocycles. The molecule has 0 heterocycles. The summed E-state index contributed by atoms with van der Waals surface area (Å²) in [6.45, 7) is 0. The summed E-state index contributed by atoms with van der Waals surface area (Å²) in [6.07, 6.45) is -5.14. The van der Waals surface area contributed by atoms with E-state index in [1.54, 1.807) is 0 Å². The molecule has 1 aromatic carbocycles. The molecular weight excluding hydrogens is 214 g/mol. The minimum Gasteiger partial charge on any atom is -0.504 e. The summed E-state index contributed by atoms with van der Waals surface area (Å²) >= 11 is 0. The molecule has 0 atom stereocenters. The number of phenols is 1. The molecule has 0 saturated heterocycles. The Morgan fingerprint density at radius 1 is 1.00 bits per heavy atom. The van der Waals surface area contributed by atoms with Crippen LogP contribution in [0, 0.1) is 17.5 Å². The predicted molar refractivity (Wildman–Crippen MR) is 33.0 cm³/mol. The van der Waals surface area contributed by atoms with Gasteiger partial charge in [-0.25, -0.2) is 8.78 Å². The Morgan fingerprint density at radius 2 is 1.50 bits per heavy atom. The second-order valence-electron chi connectivity index (χ2n) is 2.38. The Bertz CT molecular complexity index is 369. The molecule has 1 rings (SSSR count). The summed E-state index contributed by atoms with van der Waals surface area (Å²) in [4.78, 5) is 0. The largest absolute Gasteiger partial charge is 0.504 e. The van der Waals surface area contributed by atoms with Crippen molar-refractivity contribution in [3.05, 3.63) is 29.1 Å². The van der Waals surface area contributed by atoms with Crippen LogP contribution in [-0.4, -0.2) is 5.11 Å². The quantitative estimate of drug-likeness (QED) is 0.522. The van der Waals surface area contributed by atoms with E-state index in [4.69, 9.17) is 5.11 Å². The molecule has 78 valence electrons. The first-order chi connectivity index (χ1) is 6.25. The Balaban J connectivity index is 3.49. The predicted octanol–water partition coefficient (Wildman–Crippen LogP) is 2.83. The van der Waals surface area contributed by atoms with Gasteiger partial charge >= 0.3 is 6.18 Å². The fraction of sp³-hybridized carbons (Fsp3) is 0.143. The van der Waals surface area contributed by atoms with E-state index in [-0.39, 0.29) is 6.07 Å². The van der Waals surface area contributed by atoms with E-state index in [0.717, 1.165) is 0 Å². The van der Waals surface area contributed by atoms with Gasteiger partial charge in [0.25, 0.3) is 0 Å². The molecule has 0 fully saturated rings. The van der Waals surface area contributed by atoms with Crippen LogP contribution in [0.3, 0.4) is 0 Å². The Labute approximate surface area is 73.6 Å². The van der Waals surface area contributed by atoms with E-state index in [0.29, 0.717) is 0 Å².